The summed E-state index contributed by atoms with van der Waals surface area (Å²) in [7, 11) is 0. The van der Waals surface area contributed by atoms with E-state index < -0.39 is 82.8 Å². The summed E-state index contributed by atoms with van der Waals surface area (Å²) in [5.41, 5.74) is -6.72. The SMILES string of the molecule is CCCCCCCCCC(=O)/C(CC/C=C(\C)CCCCCCCCC)=C(/C(=O)CCCCCCCCC)C(O)(C(=O)CCCCCCCCC)C(C(=O)CCCCCCCCC)(C(=O)CCCCCCCCC)C(O)(O)C(=O)CCCCCCCCC. The Morgan fingerprint density at radius 3 is 0.818 bits per heavy atom. The number of ketones is 6. The van der Waals surface area contributed by atoms with E-state index in [1.807, 2.05) is 0 Å². The molecule has 0 aliphatic heterocycles. The van der Waals surface area contributed by atoms with Crippen LogP contribution >= 0.6 is 0 Å². The number of hydrogen-bond donors (Lipinski definition) is 3. The molecule has 0 bridgehead atoms. The fourth-order valence-corrected chi connectivity index (χ4v) is 13.3. The van der Waals surface area contributed by atoms with Gasteiger partial charge in [0.25, 0.3) is 0 Å². The average Bonchev–Trinajstić information content (AvgIpc) is 0.694. The Morgan fingerprint density at radius 1 is 0.273 bits per heavy atom. The Balaban J connectivity index is 9.20. The van der Waals surface area contributed by atoms with Gasteiger partial charge in [0.2, 0.25) is 5.79 Å². The summed E-state index contributed by atoms with van der Waals surface area (Å²) in [5.74, 6) is -9.58. The lowest BCUT2D eigenvalue weighted by atomic mass is 9.52. The van der Waals surface area contributed by atoms with E-state index in [0.29, 0.717) is 44.9 Å². The molecule has 0 heterocycles. The predicted octanol–water partition coefficient (Wildman–Crippen LogP) is 22.8. The Labute approximate surface area is 543 Å². The van der Waals surface area contributed by atoms with Gasteiger partial charge in [0.1, 0.15) is 0 Å². The normalized spacial score (nSPS) is 13.2. The number of rotatable bonds is 68. The standard InChI is InChI=1S/C79H144O9/c1-9-16-23-30-37-44-51-59-68(8)60-58-61-69(70(80)62-52-45-38-31-24-17-10-2)76(71(81)63-53-46-39-32-25-18-11-3)78(86,74(84)66-56-49-42-35-28-21-14-6)77(72(82)64-54-47-40-33-26-19-12-4,73(83)65-55-48-41-34-27-20-13-5)79(87,88)75(85)67-57-50-43-36-29-22-15-7/h60,86-88H,9-59,61-67H2,1-8H3/b68-60+,76-69-. The van der Waals surface area contributed by atoms with E-state index in [-0.39, 0.29) is 56.9 Å². The van der Waals surface area contributed by atoms with Crippen LogP contribution in [0, 0.1) is 5.41 Å². The van der Waals surface area contributed by atoms with Gasteiger partial charge in [-0.3, -0.25) is 28.8 Å². The molecule has 1 atom stereocenters. The van der Waals surface area contributed by atoms with Crippen LogP contribution in [0.15, 0.2) is 22.8 Å². The highest BCUT2D eigenvalue weighted by Crippen LogP contribution is 2.52. The second-order valence-corrected chi connectivity index (χ2v) is 27.2. The molecule has 0 aliphatic rings. The molecule has 9 heteroatoms. The number of carbonyl (C=O) groups excluding carboxylic acids is 6. The molecule has 88 heavy (non-hydrogen) atoms. The van der Waals surface area contributed by atoms with Gasteiger partial charge in [-0.05, 0) is 71.1 Å². The van der Waals surface area contributed by atoms with E-state index in [1.165, 1.54) is 32.1 Å². The van der Waals surface area contributed by atoms with Crippen molar-refractivity contribution in [2.75, 3.05) is 0 Å². The lowest BCUT2D eigenvalue weighted by Gasteiger charge is -2.50. The second kappa shape index (κ2) is 57.1. The number of carbonyl (C=O) groups is 6. The maximum atomic E-state index is 16.4. The summed E-state index contributed by atoms with van der Waals surface area (Å²) in [6.07, 6.45) is 44.7. The third-order valence-corrected chi connectivity index (χ3v) is 19.1. The molecule has 514 valence electrons. The third-order valence-electron chi connectivity index (χ3n) is 19.1. The van der Waals surface area contributed by atoms with Crippen LogP contribution in [0.5, 0.6) is 0 Å². The molecule has 3 N–H and O–H groups in total. The first-order valence-electron chi connectivity index (χ1n) is 38.4. The zero-order chi connectivity index (χ0) is 65.4. The molecular weight excluding hydrogens is 1090 g/mol. The van der Waals surface area contributed by atoms with Gasteiger partial charge in [-0.15, -0.1) is 0 Å². The van der Waals surface area contributed by atoms with Crippen LogP contribution in [0.3, 0.4) is 0 Å². The average molecular weight is 1240 g/mol. The van der Waals surface area contributed by atoms with Crippen LogP contribution in [0.4, 0.5) is 0 Å². The number of aliphatic hydroxyl groups is 3. The van der Waals surface area contributed by atoms with Gasteiger partial charge in [-0.1, -0.05) is 330 Å². The minimum absolute atomic E-state index is 0.00557. The highest BCUT2D eigenvalue weighted by atomic mass is 16.5. The summed E-state index contributed by atoms with van der Waals surface area (Å²) in [6.45, 7) is 17.2. The molecule has 0 saturated heterocycles. The quantitative estimate of drug-likeness (QED) is 0.0177. The maximum Gasteiger partial charge on any atom is 0.247 e. The molecule has 9 nitrogen and oxygen atoms in total. The van der Waals surface area contributed by atoms with Crippen molar-refractivity contribution >= 4 is 34.7 Å². The first kappa shape index (κ1) is 85.4. The molecule has 0 spiro atoms. The maximum absolute atomic E-state index is 16.4. The van der Waals surface area contributed by atoms with E-state index in [0.717, 1.165) is 224 Å². The molecule has 0 aromatic carbocycles. The van der Waals surface area contributed by atoms with Crippen molar-refractivity contribution in [3.63, 3.8) is 0 Å². The Bertz CT molecular complexity index is 1810. The van der Waals surface area contributed by atoms with Crippen molar-refractivity contribution in [1.29, 1.82) is 0 Å². The smallest absolute Gasteiger partial charge is 0.247 e. The largest absolute Gasteiger partial charge is 0.375 e. The molecule has 1 unspecified atom stereocenters. The first-order chi connectivity index (χ1) is 42.6. The summed E-state index contributed by atoms with van der Waals surface area (Å²) in [4.78, 5) is 96.4. The fraction of sp³-hybridized carbons (Fsp3) is 0.873. The van der Waals surface area contributed by atoms with Gasteiger partial charge in [-0.25, -0.2) is 0 Å². The number of allylic oxidation sites excluding steroid dienone is 3. The topological polar surface area (TPSA) is 163 Å². The second-order valence-electron chi connectivity index (χ2n) is 27.2. The van der Waals surface area contributed by atoms with Gasteiger partial charge >= 0.3 is 0 Å². The molecule has 0 radical (unpaired) electrons. The van der Waals surface area contributed by atoms with Crippen molar-refractivity contribution in [1.82, 2.24) is 0 Å². The van der Waals surface area contributed by atoms with E-state index in [4.69, 9.17) is 0 Å². The van der Waals surface area contributed by atoms with Crippen molar-refractivity contribution in [2.45, 2.75) is 439 Å². The number of unbranched alkanes of at least 4 members (excludes halogenated alkanes) is 42. The van der Waals surface area contributed by atoms with Crippen molar-refractivity contribution < 1.29 is 44.1 Å². The lowest BCUT2D eigenvalue weighted by Crippen LogP contribution is -2.76. The van der Waals surface area contributed by atoms with Crippen LogP contribution in [-0.4, -0.2) is 61.4 Å². The van der Waals surface area contributed by atoms with Crippen LogP contribution in [0.1, 0.15) is 428 Å². The minimum Gasteiger partial charge on any atom is -0.375 e. The summed E-state index contributed by atoms with van der Waals surface area (Å²) < 4.78 is 0. The van der Waals surface area contributed by atoms with Crippen molar-refractivity contribution in [2.24, 2.45) is 5.41 Å². The molecule has 0 aliphatic carbocycles. The molecule has 0 aromatic heterocycles. The van der Waals surface area contributed by atoms with Crippen molar-refractivity contribution in [3.8, 4) is 0 Å². The van der Waals surface area contributed by atoms with Crippen LogP contribution < -0.4 is 0 Å². The van der Waals surface area contributed by atoms with Crippen LogP contribution in [-0.2, 0) is 28.8 Å². The number of hydrogen-bond acceptors (Lipinski definition) is 9. The summed E-state index contributed by atoms with van der Waals surface area (Å²) in [6, 6.07) is 0. The molecular formula is C79H144O9. The van der Waals surface area contributed by atoms with Crippen LogP contribution in [0.2, 0.25) is 0 Å². The minimum atomic E-state index is -3.92. The molecule has 0 amide bonds. The third kappa shape index (κ3) is 35.4. The Kier molecular flexibility index (Phi) is 55.4. The van der Waals surface area contributed by atoms with Crippen LogP contribution in [0.25, 0.3) is 0 Å². The number of Topliss-reactive ketones (excluding diaryl/α,β-unsaturated/α-hetero) is 6. The van der Waals surface area contributed by atoms with Gasteiger partial charge < -0.3 is 15.3 Å². The fourth-order valence-electron chi connectivity index (χ4n) is 13.3. The summed E-state index contributed by atoms with van der Waals surface area (Å²) >= 11 is 0. The van der Waals surface area contributed by atoms with E-state index in [9.17, 15) is 15.3 Å². The lowest BCUT2D eigenvalue weighted by molar-refractivity contribution is -0.254. The zero-order valence-electron chi connectivity index (χ0n) is 59.4. The van der Waals surface area contributed by atoms with Gasteiger partial charge in [0, 0.05) is 49.7 Å². The zero-order valence-corrected chi connectivity index (χ0v) is 59.4. The van der Waals surface area contributed by atoms with Gasteiger partial charge in [-0.2, -0.15) is 0 Å². The monoisotopic (exact) mass is 1240 g/mol. The van der Waals surface area contributed by atoms with E-state index >= 15 is 28.8 Å². The van der Waals surface area contributed by atoms with Crippen molar-refractivity contribution in [3.05, 3.63) is 22.8 Å². The molecule has 0 fully saturated rings. The van der Waals surface area contributed by atoms with Gasteiger partial charge in [0.15, 0.2) is 45.7 Å². The van der Waals surface area contributed by atoms with E-state index in [1.54, 1.807) is 0 Å². The van der Waals surface area contributed by atoms with Gasteiger partial charge in [0.05, 0.1) is 0 Å². The highest BCUT2D eigenvalue weighted by molar-refractivity contribution is 6.23. The predicted molar refractivity (Wildman–Crippen MR) is 373 cm³/mol. The first-order valence-corrected chi connectivity index (χ1v) is 38.4. The Hall–Kier alpha value is -2.62. The molecule has 0 aromatic rings. The van der Waals surface area contributed by atoms with E-state index in [2.05, 4.69) is 61.5 Å². The summed E-state index contributed by atoms with van der Waals surface area (Å²) in [5, 5.41) is 41.7. The molecule has 0 rings (SSSR count). The molecule has 0 saturated carbocycles. The highest BCUT2D eigenvalue weighted by Gasteiger charge is 2.76. The Morgan fingerprint density at radius 2 is 0.511 bits per heavy atom.